The molecule has 2 aromatic carbocycles. The second-order valence-electron chi connectivity index (χ2n) is 5.58. The van der Waals surface area contributed by atoms with Crippen molar-refractivity contribution in [3.63, 3.8) is 0 Å². The highest BCUT2D eigenvalue weighted by Gasteiger charge is 2.24. The molecule has 0 radical (unpaired) electrons. The Balaban J connectivity index is 1.87. The van der Waals surface area contributed by atoms with Gasteiger partial charge < -0.3 is 9.47 Å². The molecule has 24 heavy (non-hydrogen) atoms. The van der Waals surface area contributed by atoms with Gasteiger partial charge in [0.25, 0.3) is 0 Å². The molecule has 0 saturated heterocycles. The summed E-state index contributed by atoms with van der Waals surface area (Å²) in [5.41, 5.74) is 1.52. The Kier molecular flexibility index (Phi) is 4.42. The molecule has 0 unspecified atom stereocenters. The Morgan fingerprint density at radius 2 is 1.92 bits per heavy atom. The Morgan fingerprint density at radius 1 is 1.17 bits per heavy atom. The number of carbonyl (C=O) groups excluding carboxylic acids is 1. The first-order chi connectivity index (χ1) is 11.5. The molecule has 1 aliphatic rings. The molecular formula is C19H16FNO3. The summed E-state index contributed by atoms with van der Waals surface area (Å²) >= 11 is 0. The minimum Gasteiger partial charge on any atom is -0.491 e. The largest absolute Gasteiger partial charge is 0.491 e. The van der Waals surface area contributed by atoms with Crippen LogP contribution in [0.15, 0.2) is 59.2 Å². The summed E-state index contributed by atoms with van der Waals surface area (Å²) in [5, 5.41) is 0. The van der Waals surface area contributed by atoms with E-state index in [0.717, 1.165) is 5.56 Å². The molecule has 2 aromatic rings. The van der Waals surface area contributed by atoms with Crippen LogP contribution in [0.1, 0.15) is 25.0 Å². The molecular weight excluding hydrogens is 309 g/mol. The highest BCUT2D eigenvalue weighted by Crippen LogP contribution is 2.22. The first-order valence-corrected chi connectivity index (χ1v) is 7.56. The number of rotatable bonds is 4. The van der Waals surface area contributed by atoms with Crippen LogP contribution < -0.4 is 4.74 Å². The predicted octanol–water partition coefficient (Wildman–Crippen LogP) is 3.96. The van der Waals surface area contributed by atoms with Crippen molar-refractivity contribution in [1.29, 1.82) is 0 Å². The molecule has 3 rings (SSSR count). The minimum absolute atomic E-state index is 0.0625. The van der Waals surface area contributed by atoms with Gasteiger partial charge in [0.2, 0.25) is 5.90 Å². The van der Waals surface area contributed by atoms with Crippen LogP contribution >= 0.6 is 0 Å². The van der Waals surface area contributed by atoms with Gasteiger partial charge in [0.15, 0.2) is 5.70 Å². The lowest BCUT2D eigenvalue weighted by Gasteiger charge is -2.09. The van der Waals surface area contributed by atoms with E-state index in [4.69, 9.17) is 9.47 Å². The van der Waals surface area contributed by atoms with Gasteiger partial charge in [0.1, 0.15) is 11.6 Å². The molecule has 1 aliphatic heterocycles. The lowest BCUT2D eigenvalue weighted by Crippen LogP contribution is -2.05. The number of benzene rings is 2. The van der Waals surface area contributed by atoms with Crippen LogP contribution in [0.2, 0.25) is 0 Å². The Morgan fingerprint density at radius 3 is 2.62 bits per heavy atom. The number of esters is 1. The number of hydrogen-bond donors (Lipinski definition) is 0. The molecule has 0 N–H and O–H groups in total. The first-order valence-electron chi connectivity index (χ1n) is 7.56. The zero-order valence-corrected chi connectivity index (χ0v) is 13.3. The van der Waals surface area contributed by atoms with E-state index >= 15 is 0 Å². The molecule has 0 aliphatic carbocycles. The second-order valence-corrected chi connectivity index (χ2v) is 5.58. The van der Waals surface area contributed by atoms with Gasteiger partial charge >= 0.3 is 5.97 Å². The zero-order valence-electron chi connectivity index (χ0n) is 13.3. The average molecular weight is 325 g/mol. The highest BCUT2D eigenvalue weighted by molar-refractivity contribution is 6.12. The number of nitrogens with zero attached hydrogens (tertiary/aromatic N) is 1. The summed E-state index contributed by atoms with van der Waals surface area (Å²) in [4.78, 5) is 16.2. The van der Waals surface area contributed by atoms with E-state index in [1.165, 1.54) is 24.3 Å². The van der Waals surface area contributed by atoms with Crippen LogP contribution in [0.3, 0.4) is 0 Å². The normalized spacial score (nSPS) is 15.6. The molecule has 1 heterocycles. The standard InChI is InChI=1S/C19H16FNO3/c1-12(2)23-16-5-3-4-13(10-16)11-17-19(22)24-18(21-17)14-6-8-15(20)9-7-14/h3-12H,1-2H3/b17-11-. The van der Waals surface area contributed by atoms with Crippen molar-refractivity contribution in [3.8, 4) is 5.75 Å². The summed E-state index contributed by atoms with van der Waals surface area (Å²) in [6, 6.07) is 13.0. The number of aliphatic imine (C=N–C) groups is 1. The van der Waals surface area contributed by atoms with Crippen molar-refractivity contribution < 1.29 is 18.7 Å². The molecule has 0 bridgehead atoms. The van der Waals surface area contributed by atoms with Gasteiger partial charge in [-0.2, -0.15) is 0 Å². The van der Waals surface area contributed by atoms with Gasteiger partial charge in [0.05, 0.1) is 6.10 Å². The van der Waals surface area contributed by atoms with E-state index in [-0.39, 0.29) is 23.5 Å². The van der Waals surface area contributed by atoms with Crippen LogP contribution in [0.5, 0.6) is 5.75 Å². The van der Waals surface area contributed by atoms with Crippen LogP contribution in [0.4, 0.5) is 4.39 Å². The Hall–Kier alpha value is -2.95. The van der Waals surface area contributed by atoms with Crippen LogP contribution in [-0.2, 0) is 9.53 Å². The maximum Gasteiger partial charge on any atom is 0.363 e. The third-order valence-electron chi connectivity index (χ3n) is 3.24. The van der Waals surface area contributed by atoms with E-state index < -0.39 is 5.97 Å². The maximum atomic E-state index is 13.0. The third kappa shape index (κ3) is 3.68. The molecule has 0 fully saturated rings. The SMILES string of the molecule is CC(C)Oc1cccc(/C=C2\N=C(c3ccc(F)cc3)OC2=O)c1. The van der Waals surface area contributed by atoms with Crippen LogP contribution in [0.25, 0.3) is 6.08 Å². The Bertz CT molecular complexity index is 823. The molecule has 0 saturated carbocycles. The molecule has 0 aromatic heterocycles. The number of cyclic esters (lactones) is 1. The highest BCUT2D eigenvalue weighted by atomic mass is 19.1. The molecule has 0 spiro atoms. The van der Waals surface area contributed by atoms with Gasteiger partial charge in [-0.3, -0.25) is 0 Å². The topological polar surface area (TPSA) is 47.9 Å². The van der Waals surface area contributed by atoms with Crippen molar-refractivity contribution >= 4 is 17.9 Å². The van der Waals surface area contributed by atoms with Crippen LogP contribution in [0, 0.1) is 5.82 Å². The van der Waals surface area contributed by atoms with E-state index in [9.17, 15) is 9.18 Å². The summed E-state index contributed by atoms with van der Waals surface area (Å²) in [6.45, 7) is 3.89. The minimum atomic E-state index is -0.537. The predicted molar refractivity (Wildman–Crippen MR) is 89.2 cm³/mol. The first kappa shape index (κ1) is 15.9. The summed E-state index contributed by atoms with van der Waals surface area (Å²) < 4.78 is 23.8. The quantitative estimate of drug-likeness (QED) is 0.631. The number of ether oxygens (including phenoxy) is 2. The third-order valence-corrected chi connectivity index (χ3v) is 3.24. The second kappa shape index (κ2) is 6.66. The molecule has 5 heteroatoms. The molecule has 0 amide bonds. The fourth-order valence-corrected chi connectivity index (χ4v) is 2.23. The average Bonchev–Trinajstić information content (AvgIpc) is 2.89. The van der Waals surface area contributed by atoms with Gasteiger partial charge in [-0.15, -0.1) is 0 Å². The number of hydrogen-bond acceptors (Lipinski definition) is 4. The van der Waals surface area contributed by atoms with Gasteiger partial charge in [-0.25, -0.2) is 14.2 Å². The monoisotopic (exact) mass is 325 g/mol. The van der Waals surface area contributed by atoms with Gasteiger partial charge in [0, 0.05) is 5.56 Å². The molecule has 4 nitrogen and oxygen atoms in total. The fraction of sp³-hybridized carbons (Fsp3) is 0.158. The lowest BCUT2D eigenvalue weighted by atomic mass is 10.2. The number of carbonyl (C=O) groups is 1. The summed E-state index contributed by atoms with van der Waals surface area (Å²) in [7, 11) is 0. The van der Waals surface area contributed by atoms with Crippen molar-refractivity contribution in [2.24, 2.45) is 4.99 Å². The molecule has 0 atom stereocenters. The number of halogens is 1. The van der Waals surface area contributed by atoms with Crippen molar-refractivity contribution in [1.82, 2.24) is 0 Å². The van der Waals surface area contributed by atoms with Crippen molar-refractivity contribution in [3.05, 3.63) is 71.2 Å². The fourth-order valence-electron chi connectivity index (χ4n) is 2.23. The zero-order chi connectivity index (χ0) is 17.1. The van der Waals surface area contributed by atoms with Crippen molar-refractivity contribution in [2.75, 3.05) is 0 Å². The smallest absolute Gasteiger partial charge is 0.363 e. The van der Waals surface area contributed by atoms with E-state index in [2.05, 4.69) is 4.99 Å². The molecule has 122 valence electrons. The van der Waals surface area contributed by atoms with Gasteiger partial charge in [-0.1, -0.05) is 12.1 Å². The van der Waals surface area contributed by atoms with Gasteiger partial charge in [-0.05, 0) is 61.9 Å². The van der Waals surface area contributed by atoms with Crippen LogP contribution in [-0.4, -0.2) is 18.0 Å². The summed E-state index contributed by atoms with van der Waals surface area (Å²) in [5.74, 6) is -0.0137. The van der Waals surface area contributed by atoms with E-state index in [1.807, 2.05) is 38.1 Å². The van der Waals surface area contributed by atoms with E-state index in [0.29, 0.717) is 11.3 Å². The summed E-state index contributed by atoms with van der Waals surface area (Å²) in [6.07, 6.45) is 1.69. The maximum absolute atomic E-state index is 13.0. The van der Waals surface area contributed by atoms with Crippen molar-refractivity contribution in [2.45, 2.75) is 20.0 Å². The lowest BCUT2D eigenvalue weighted by molar-refractivity contribution is -0.129. The van der Waals surface area contributed by atoms with E-state index in [1.54, 1.807) is 6.08 Å². The Labute approximate surface area is 139 Å².